The zero-order valence-corrected chi connectivity index (χ0v) is 39.1. The molecule has 0 N–H and O–H groups in total. The number of ether oxygens (including phenoxy) is 1. The van der Waals surface area contributed by atoms with Gasteiger partial charge in [0.05, 0.1) is 45.0 Å². The minimum atomic E-state index is 0. The van der Waals surface area contributed by atoms with E-state index in [4.69, 9.17) is 19.1 Å². The molecule has 0 atom stereocenters. The molecule has 7 heteroatoms. The molecule has 0 saturated carbocycles. The molecule has 3 aromatic heterocycles. The monoisotopic (exact) mass is 1070 g/mol. The van der Waals surface area contributed by atoms with Gasteiger partial charge in [0, 0.05) is 33.6 Å². The summed E-state index contributed by atoms with van der Waals surface area (Å²) in [5.41, 5.74) is 15.1. The number of rotatable bonds is 9. The molecule has 0 saturated heterocycles. The molecule has 0 aliphatic heterocycles. The van der Waals surface area contributed by atoms with Crippen molar-refractivity contribution in [3.63, 3.8) is 0 Å². The van der Waals surface area contributed by atoms with E-state index >= 15 is 0 Å². The van der Waals surface area contributed by atoms with Crippen LogP contribution in [0.4, 0.5) is 0 Å². The molecule has 69 heavy (non-hydrogen) atoms. The van der Waals surface area contributed by atoms with E-state index in [1.807, 2.05) is 60.7 Å². The first-order valence-corrected chi connectivity index (χ1v) is 22.7. The first-order chi connectivity index (χ1) is 33.7. The van der Waals surface area contributed by atoms with Crippen LogP contribution in [0.2, 0.25) is 0 Å². The van der Waals surface area contributed by atoms with Crippen LogP contribution in [-0.4, -0.2) is 19.1 Å². The van der Waals surface area contributed by atoms with E-state index in [1.165, 1.54) is 0 Å². The van der Waals surface area contributed by atoms with Crippen LogP contribution in [0.5, 0.6) is 11.5 Å². The summed E-state index contributed by atoms with van der Waals surface area (Å²) in [5.74, 6) is 2.37. The molecule has 0 radical (unpaired) electrons. The van der Waals surface area contributed by atoms with E-state index in [2.05, 4.69) is 191 Å². The summed E-state index contributed by atoms with van der Waals surface area (Å²) in [6, 6.07) is 86.5. The van der Waals surface area contributed by atoms with Gasteiger partial charge in [-0.25, -0.2) is 0 Å². The Hall–Kier alpha value is -8.57. The van der Waals surface area contributed by atoms with Gasteiger partial charge >= 0.3 is 21.1 Å². The summed E-state index contributed by atoms with van der Waals surface area (Å²) in [6.45, 7) is 0. The first kappa shape index (κ1) is 41.8. The number of imidazole rings is 2. The van der Waals surface area contributed by atoms with Crippen LogP contribution < -0.4 is 4.74 Å². The standard InChI is InChI=1S/C62H38N4O2.Pt/c1-4-19-41(20-5-1)44-35-36-58-50(38-44)51-39-46(62-64-53-30-13-17-34-57(53)66(62)55-32-15-11-28-49(55)43-23-8-3-9-24-43)40-59(60(51)68-58)67-47-26-18-25-45(37-47)61-63-52-29-12-16-33-56(52)65(61)54-31-14-10-27-48(54)42-21-6-2-7-22-42;/h1-36,38-39H;/q-2;+2. The molecule has 0 amide bonds. The van der Waals surface area contributed by atoms with Crippen molar-refractivity contribution < 1.29 is 30.2 Å². The molecule has 0 aliphatic carbocycles. The van der Waals surface area contributed by atoms with Gasteiger partial charge in [-0.3, -0.25) is 9.97 Å². The molecule has 0 unspecified atom stereocenters. The average molecular weight is 1070 g/mol. The van der Waals surface area contributed by atoms with Crippen molar-refractivity contribution in [3.8, 4) is 79.0 Å². The topological polar surface area (TPSA) is 58.0 Å². The van der Waals surface area contributed by atoms with Crippen molar-refractivity contribution in [2.75, 3.05) is 0 Å². The van der Waals surface area contributed by atoms with E-state index in [1.54, 1.807) is 0 Å². The van der Waals surface area contributed by atoms with E-state index in [9.17, 15) is 0 Å². The van der Waals surface area contributed by atoms with E-state index < -0.39 is 0 Å². The summed E-state index contributed by atoms with van der Waals surface area (Å²) in [4.78, 5) is 10.6. The van der Waals surface area contributed by atoms with E-state index in [0.29, 0.717) is 17.1 Å². The summed E-state index contributed by atoms with van der Waals surface area (Å²) >= 11 is 0. The summed E-state index contributed by atoms with van der Waals surface area (Å²) < 4.78 is 18.2. The zero-order valence-electron chi connectivity index (χ0n) is 36.9. The Morgan fingerprint density at radius 3 is 1.54 bits per heavy atom. The van der Waals surface area contributed by atoms with E-state index in [0.717, 1.165) is 106 Å². The van der Waals surface area contributed by atoms with Crippen molar-refractivity contribution in [2.24, 2.45) is 0 Å². The van der Waals surface area contributed by atoms with Crippen molar-refractivity contribution in [3.05, 3.63) is 243 Å². The Kier molecular flexibility index (Phi) is 10.7. The quantitative estimate of drug-likeness (QED) is 0.135. The summed E-state index contributed by atoms with van der Waals surface area (Å²) in [7, 11) is 0. The number of aromatic nitrogens is 4. The van der Waals surface area contributed by atoms with Crippen molar-refractivity contribution in [1.29, 1.82) is 0 Å². The fourth-order valence-corrected chi connectivity index (χ4v) is 9.50. The van der Waals surface area contributed by atoms with Gasteiger partial charge in [0.15, 0.2) is 0 Å². The van der Waals surface area contributed by atoms with Gasteiger partial charge in [0.25, 0.3) is 0 Å². The van der Waals surface area contributed by atoms with Crippen molar-refractivity contribution in [2.45, 2.75) is 0 Å². The number of hydrogen-bond donors (Lipinski definition) is 0. The normalized spacial score (nSPS) is 11.4. The average Bonchev–Trinajstić information content (AvgIpc) is 4.11. The van der Waals surface area contributed by atoms with E-state index in [-0.39, 0.29) is 21.1 Å². The molecule has 0 bridgehead atoms. The maximum Gasteiger partial charge on any atom is 2.00 e. The van der Waals surface area contributed by atoms with Crippen molar-refractivity contribution >= 4 is 44.0 Å². The largest absolute Gasteiger partial charge is 2.00 e. The second-order valence-corrected chi connectivity index (χ2v) is 16.8. The van der Waals surface area contributed by atoms with Crippen LogP contribution in [0.1, 0.15) is 0 Å². The summed E-state index contributed by atoms with van der Waals surface area (Å²) in [6.07, 6.45) is 0. The van der Waals surface area contributed by atoms with Crippen LogP contribution in [0.3, 0.4) is 0 Å². The fraction of sp³-hybridized carbons (Fsp3) is 0. The first-order valence-electron chi connectivity index (χ1n) is 22.7. The SMILES string of the molecule is [Pt+2].[c-]1c(Oc2[c-]c(-c3nc4ccccc4n3-c3ccccc3-c3ccccc3)cc3c2oc2ccc(-c4ccccc4)cc23)cccc1-c1nc2ccccc2n1-c1ccccc1-c1ccccc1. The molecule has 328 valence electrons. The zero-order chi connectivity index (χ0) is 45.0. The van der Waals surface area contributed by atoms with Crippen LogP contribution in [0.25, 0.3) is 112 Å². The van der Waals surface area contributed by atoms with Gasteiger partial charge in [0.1, 0.15) is 5.58 Å². The predicted molar refractivity (Wildman–Crippen MR) is 274 cm³/mol. The molecule has 13 aromatic rings. The van der Waals surface area contributed by atoms with Crippen LogP contribution in [-0.2, 0) is 21.1 Å². The third kappa shape index (κ3) is 7.43. The molecule has 0 spiro atoms. The number of hydrogen-bond acceptors (Lipinski definition) is 4. The number of nitrogens with zero attached hydrogens (tertiary/aromatic N) is 4. The number of benzene rings is 10. The smallest absolute Gasteiger partial charge is 0.497 e. The van der Waals surface area contributed by atoms with Crippen LogP contribution in [0, 0.1) is 12.1 Å². The third-order valence-corrected chi connectivity index (χ3v) is 12.6. The van der Waals surface area contributed by atoms with Gasteiger partial charge in [-0.1, -0.05) is 175 Å². The Morgan fingerprint density at radius 2 is 0.928 bits per heavy atom. The molecule has 6 nitrogen and oxygen atoms in total. The fourth-order valence-electron chi connectivity index (χ4n) is 9.50. The Balaban J connectivity index is 0.00000492. The molecule has 10 aromatic carbocycles. The number of fused-ring (bicyclic) bond motifs is 5. The number of para-hydroxylation sites is 6. The van der Waals surface area contributed by atoms with Crippen molar-refractivity contribution in [1.82, 2.24) is 19.1 Å². The molecule has 3 heterocycles. The van der Waals surface area contributed by atoms with Gasteiger partial charge in [0.2, 0.25) is 0 Å². The minimum Gasteiger partial charge on any atom is -0.497 e. The third-order valence-electron chi connectivity index (χ3n) is 12.6. The second-order valence-electron chi connectivity index (χ2n) is 16.8. The predicted octanol–water partition coefficient (Wildman–Crippen LogP) is 16.0. The minimum absolute atomic E-state index is 0. The Labute approximate surface area is 412 Å². The number of furan rings is 1. The van der Waals surface area contributed by atoms with Gasteiger partial charge in [-0.15, -0.1) is 35.4 Å². The Morgan fingerprint density at radius 1 is 0.406 bits per heavy atom. The molecule has 13 rings (SSSR count). The molecule has 0 aliphatic rings. The van der Waals surface area contributed by atoms with Crippen LogP contribution >= 0.6 is 0 Å². The molecular formula is C62H38N4O2Pt. The Bertz CT molecular complexity index is 4010. The van der Waals surface area contributed by atoms with Crippen LogP contribution in [0.15, 0.2) is 235 Å². The second kappa shape index (κ2) is 17.6. The van der Waals surface area contributed by atoms with Gasteiger partial charge < -0.3 is 18.3 Å². The molecule has 0 fully saturated rings. The van der Waals surface area contributed by atoms with Gasteiger partial charge in [-0.05, 0) is 70.8 Å². The van der Waals surface area contributed by atoms with Gasteiger partial charge in [-0.2, -0.15) is 0 Å². The maximum absolute atomic E-state index is 7.01. The summed E-state index contributed by atoms with van der Waals surface area (Å²) in [5, 5.41) is 1.84. The maximum atomic E-state index is 7.01. The molecular weight excluding hydrogens is 1030 g/mol.